The van der Waals surface area contributed by atoms with E-state index in [0.29, 0.717) is 17.9 Å². The summed E-state index contributed by atoms with van der Waals surface area (Å²) in [4.78, 5) is 0. The number of hydrogen-bond acceptors (Lipinski definition) is 1. The Morgan fingerprint density at radius 3 is 2.80 bits per heavy atom. The molecule has 2 bridgehead atoms. The molecule has 0 amide bonds. The van der Waals surface area contributed by atoms with Crippen LogP contribution in [0.15, 0.2) is 18.2 Å². The molecule has 3 heteroatoms. The van der Waals surface area contributed by atoms with E-state index in [1.54, 1.807) is 12.1 Å². The maximum atomic E-state index is 14.0. The van der Waals surface area contributed by atoms with Crippen LogP contribution in [0.25, 0.3) is 0 Å². The second-order valence-electron chi connectivity index (χ2n) is 6.61. The minimum atomic E-state index is -0.718. The van der Waals surface area contributed by atoms with Crippen LogP contribution in [0.2, 0.25) is 0 Å². The third-order valence-corrected chi connectivity index (χ3v) is 5.40. The highest BCUT2D eigenvalue weighted by atomic mass is 19.2. The average molecular weight is 279 g/mol. The molecule has 0 radical (unpaired) electrons. The van der Waals surface area contributed by atoms with Crippen LogP contribution in [-0.4, -0.2) is 13.1 Å². The summed E-state index contributed by atoms with van der Waals surface area (Å²) in [7, 11) is 0. The fourth-order valence-corrected chi connectivity index (χ4v) is 4.49. The molecule has 1 nitrogen and oxygen atoms in total. The van der Waals surface area contributed by atoms with Crippen molar-refractivity contribution in [2.45, 2.75) is 39.0 Å². The van der Waals surface area contributed by atoms with Crippen LogP contribution in [0.3, 0.4) is 0 Å². The van der Waals surface area contributed by atoms with Gasteiger partial charge in [-0.15, -0.1) is 0 Å². The fourth-order valence-electron chi connectivity index (χ4n) is 4.49. The number of halogens is 2. The van der Waals surface area contributed by atoms with E-state index in [1.165, 1.54) is 31.7 Å². The Balaban J connectivity index is 1.85. The normalized spacial score (nSPS) is 31.9. The molecule has 1 aromatic rings. The number of rotatable bonds is 5. The lowest BCUT2D eigenvalue weighted by atomic mass is 9.69. The number of hydrogen-bond donors (Lipinski definition) is 1. The maximum Gasteiger partial charge on any atom is 0.162 e. The van der Waals surface area contributed by atoms with E-state index < -0.39 is 11.6 Å². The van der Waals surface area contributed by atoms with Gasteiger partial charge in [-0.3, -0.25) is 0 Å². The molecule has 3 unspecified atom stereocenters. The standard InChI is InChI=1S/C17H23F2N/c1-2-20-11-17(9-12-6-7-14(17)8-12)10-13-4-3-5-15(18)16(13)19/h3-5,12,14,20H,2,6-11H2,1H3. The molecule has 0 aliphatic heterocycles. The molecule has 20 heavy (non-hydrogen) atoms. The van der Waals surface area contributed by atoms with Gasteiger partial charge in [-0.1, -0.05) is 25.5 Å². The highest BCUT2D eigenvalue weighted by molar-refractivity contribution is 5.22. The van der Waals surface area contributed by atoms with E-state index >= 15 is 0 Å². The summed E-state index contributed by atoms with van der Waals surface area (Å²) in [6, 6.07) is 4.58. The van der Waals surface area contributed by atoms with E-state index in [1.807, 2.05) is 0 Å². The minimum Gasteiger partial charge on any atom is -0.316 e. The maximum absolute atomic E-state index is 14.0. The first-order valence-electron chi connectivity index (χ1n) is 7.78. The SMILES string of the molecule is CCNCC1(Cc2cccc(F)c2F)CC2CCC1C2. The van der Waals surface area contributed by atoms with Gasteiger partial charge in [-0.05, 0) is 61.1 Å². The Labute approximate surface area is 119 Å². The molecule has 1 aromatic carbocycles. The molecule has 110 valence electrons. The van der Waals surface area contributed by atoms with Gasteiger partial charge in [0.1, 0.15) is 0 Å². The molecule has 2 saturated carbocycles. The molecular formula is C17H23F2N. The van der Waals surface area contributed by atoms with E-state index in [9.17, 15) is 8.78 Å². The quantitative estimate of drug-likeness (QED) is 0.861. The van der Waals surface area contributed by atoms with Gasteiger partial charge >= 0.3 is 0 Å². The van der Waals surface area contributed by atoms with Crippen molar-refractivity contribution in [3.05, 3.63) is 35.4 Å². The van der Waals surface area contributed by atoms with E-state index in [4.69, 9.17) is 0 Å². The van der Waals surface area contributed by atoms with Crippen LogP contribution in [0.1, 0.15) is 38.2 Å². The topological polar surface area (TPSA) is 12.0 Å². The van der Waals surface area contributed by atoms with E-state index in [-0.39, 0.29) is 5.41 Å². The second kappa shape index (κ2) is 5.44. The molecule has 0 saturated heterocycles. The van der Waals surface area contributed by atoms with Gasteiger partial charge in [-0.25, -0.2) is 8.78 Å². The molecule has 3 rings (SSSR count). The fraction of sp³-hybridized carbons (Fsp3) is 0.647. The van der Waals surface area contributed by atoms with Crippen molar-refractivity contribution >= 4 is 0 Å². The zero-order chi connectivity index (χ0) is 14.2. The molecule has 2 aliphatic rings. The van der Waals surface area contributed by atoms with Gasteiger partial charge in [0.05, 0.1) is 0 Å². The second-order valence-corrected chi connectivity index (χ2v) is 6.61. The van der Waals surface area contributed by atoms with Gasteiger partial charge in [-0.2, -0.15) is 0 Å². The van der Waals surface area contributed by atoms with Crippen LogP contribution >= 0.6 is 0 Å². The lowest BCUT2D eigenvalue weighted by molar-refractivity contribution is 0.155. The van der Waals surface area contributed by atoms with Crippen LogP contribution in [-0.2, 0) is 6.42 Å². The lowest BCUT2D eigenvalue weighted by Gasteiger charge is -2.38. The van der Waals surface area contributed by atoms with Crippen molar-refractivity contribution in [2.24, 2.45) is 17.3 Å². The third-order valence-electron chi connectivity index (χ3n) is 5.40. The number of benzene rings is 1. The van der Waals surface area contributed by atoms with E-state index in [0.717, 1.165) is 19.0 Å². The van der Waals surface area contributed by atoms with Crippen molar-refractivity contribution in [1.29, 1.82) is 0 Å². The molecule has 2 fully saturated rings. The summed E-state index contributed by atoms with van der Waals surface area (Å²) in [5.74, 6) is 0.111. The first kappa shape index (κ1) is 14.0. The molecule has 1 N–H and O–H groups in total. The monoisotopic (exact) mass is 279 g/mol. The Morgan fingerprint density at radius 2 is 2.15 bits per heavy atom. The number of fused-ring (bicyclic) bond motifs is 2. The minimum absolute atomic E-state index is 0.133. The van der Waals surface area contributed by atoms with Crippen molar-refractivity contribution in [2.75, 3.05) is 13.1 Å². The zero-order valence-electron chi connectivity index (χ0n) is 12.1. The molecule has 0 heterocycles. The summed E-state index contributed by atoms with van der Waals surface area (Å²) in [5.41, 5.74) is 0.684. The Hall–Kier alpha value is -0.960. The largest absolute Gasteiger partial charge is 0.316 e. The molecule has 0 spiro atoms. The van der Waals surface area contributed by atoms with E-state index in [2.05, 4.69) is 12.2 Å². The van der Waals surface area contributed by atoms with Crippen LogP contribution < -0.4 is 5.32 Å². The smallest absolute Gasteiger partial charge is 0.162 e. The zero-order valence-corrected chi connectivity index (χ0v) is 12.1. The summed E-state index contributed by atoms with van der Waals surface area (Å²) in [6.45, 7) is 3.97. The van der Waals surface area contributed by atoms with Crippen molar-refractivity contribution in [1.82, 2.24) is 5.32 Å². The third kappa shape index (κ3) is 2.37. The molecule has 3 atom stereocenters. The van der Waals surface area contributed by atoms with Crippen LogP contribution in [0.5, 0.6) is 0 Å². The summed E-state index contributed by atoms with van der Waals surface area (Å²) in [5, 5.41) is 3.45. The van der Waals surface area contributed by atoms with Gasteiger partial charge in [0.2, 0.25) is 0 Å². The van der Waals surface area contributed by atoms with Gasteiger partial charge < -0.3 is 5.32 Å². The first-order chi connectivity index (χ1) is 9.64. The van der Waals surface area contributed by atoms with Crippen LogP contribution in [0, 0.1) is 28.9 Å². The highest BCUT2D eigenvalue weighted by Crippen LogP contribution is 2.57. The van der Waals surface area contributed by atoms with Crippen molar-refractivity contribution in [3.8, 4) is 0 Å². The lowest BCUT2D eigenvalue weighted by Crippen LogP contribution is -2.40. The predicted molar refractivity (Wildman–Crippen MR) is 76.5 cm³/mol. The average Bonchev–Trinajstić information content (AvgIpc) is 3.03. The Bertz CT molecular complexity index is 488. The highest BCUT2D eigenvalue weighted by Gasteiger charge is 2.50. The van der Waals surface area contributed by atoms with Crippen molar-refractivity contribution in [3.63, 3.8) is 0 Å². The number of nitrogens with one attached hydrogen (secondary N) is 1. The Morgan fingerprint density at radius 1 is 1.30 bits per heavy atom. The van der Waals surface area contributed by atoms with Crippen molar-refractivity contribution < 1.29 is 8.78 Å². The summed E-state index contributed by atoms with van der Waals surface area (Å²) in [6.07, 6.45) is 5.70. The molecule has 2 aliphatic carbocycles. The van der Waals surface area contributed by atoms with Gasteiger partial charge in [0.15, 0.2) is 11.6 Å². The Kier molecular flexibility index (Phi) is 3.80. The van der Waals surface area contributed by atoms with Gasteiger partial charge in [0.25, 0.3) is 0 Å². The summed E-state index contributed by atoms with van der Waals surface area (Å²) >= 11 is 0. The predicted octanol–water partition coefficient (Wildman–Crippen LogP) is 3.92. The van der Waals surface area contributed by atoms with Crippen LogP contribution in [0.4, 0.5) is 8.78 Å². The molecular weight excluding hydrogens is 256 g/mol. The first-order valence-corrected chi connectivity index (χ1v) is 7.78. The van der Waals surface area contributed by atoms with Gasteiger partial charge in [0, 0.05) is 6.54 Å². The molecule has 0 aromatic heterocycles. The summed E-state index contributed by atoms with van der Waals surface area (Å²) < 4.78 is 27.4.